The van der Waals surface area contributed by atoms with Crippen LogP contribution in [-0.2, 0) is 6.54 Å². The summed E-state index contributed by atoms with van der Waals surface area (Å²) in [7, 11) is 0. The molecule has 5 heteroatoms. The molecule has 1 aromatic heterocycles. The molecule has 2 aliphatic heterocycles. The first-order valence-electron chi connectivity index (χ1n) is 8.37. The van der Waals surface area contributed by atoms with Crippen molar-refractivity contribution < 1.29 is 0 Å². The normalized spacial score (nSPS) is 22.0. The summed E-state index contributed by atoms with van der Waals surface area (Å²) < 4.78 is 0. The number of likely N-dealkylation sites (tertiary alicyclic amines) is 1. The SMILES string of the molecule is CCN(CC)c1ncc(CN2CCC3(CCNCC3)C2)s1. The Bertz CT molecular complexity index is 449. The van der Waals surface area contributed by atoms with Crippen molar-refractivity contribution in [2.45, 2.75) is 39.7 Å². The zero-order chi connectivity index (χ0) is 14.7. The van der Waals surface area contributed by atoms with Crippen LogP contribution in [0.4, 0.5) is 5.13 Å². The zero-order valence-corrected chi connectivity index (χ0v) is 14.2. The highest BCUT2D eigenvalue weighted by Crippen LogP contribution is 2.39. The highest BCUT2D eigenvalue weighted by molar-refractivity contribution is 7.15. The van der Waals surface area contributed by atoms with E-state index in [1.54, 1.807) is 0 Å². The lowest BCUT2D eigenvalue weighted by molar-refractivity contribution is 0.194. The molecule has 3 rings (SSSR count). The first-order chi connectivity index (χ1) is 10.2. The summed E-state index contributed by atoms with van der Waals surface area (Å²) in [5.74, 6) is 0. The molecule has 21 heavy (non-hydrogen) atoms. The number of hydrogen-bond acceptors (Lipinski definition) is 5. The predicted molar refractivity (Wildman–Crippen MR) is 90.1 cm³/mol. The molecule has 0 unspecified atom stereocenters. The largest absolute Gasteiger partial charge is 0.349 e. The van der Waals surface area contributed by atoms with Crippen LogP contribution < -0.4 is 10.2 Å². The molecule has 2 fully saturated rings. The van der Waals surface area contributed by atoms with Gasteiger partial charge < -0.3 is 10.2 Å². The van der Waals surface area contributed by atoms with Crippen LogP contribution in [0.25, 0.3) is 0 Å². The average molecular weight is 308 g/mol. The fourth-order valence-electron chi connectivity index (χ4n) is 3.76. The van der Waals surface area contributed by atoms with Gasteiger partial charge in [0.2, 0.25) is 0 Å². The Labute approximate surface area is 132 Å². The molecular formula is C16H28N4S. The highest BCUT2D eigenvalue weighted by atomic mass is 32.1. The Kier molecular flexibility index (Phi) is 4.82. The summed E-state index contributed by atoms with van der Waals surface area (Å²) in [4.78, 5) is 11.0. The van der Waals surface area contributed by atoms with Gasteiger partial charge in [0.25, 0.3) is 0 Å². The summed E-state index contributed by atoms with van der Waals surface area (Å²) in [6.45, 7) is 12.5. The van der Waals surface area contributed by atoms with E-state index in [1.807, 2.05) is 11.3 Å². The molecule has 0 aliphatic carbocycles. The molecule has 118 valence electrons. The maximum absolute atomic E-state index is 4.61. The number of aromatic nitrogens is 1. The lowest BCUT2D eigenvalue weighted by Gasteiger charge is -2.33. The smallest absolute Gasteiger partial charge is 0.185 e. The van der Waals surface area contributed by atoms with Gasteiger partial charge in [-0.3, -0.25) is 4.90 Å². The van der Waals surface area contributed by atoms with Crippen LogP contribution in [0.2, 0.25) is 0 Å². The Morgan fingerprint density at radius 3 is 2.76 bits per heavy atom. The first kappa shape index (κ1) is 15.3. The number of nitrogens with one attached hydrogen (secondary N) is 1. The summed E-state index contributed by atoms with van der Waals surface area (Å²) in [5, 5.41) is 4.68. The Morgan fingerprint density at radius 1 is 1.29 bits per heavy atom. The van der Waals surface area contributed by atoms with Crippen molar-refractivity contribution in [2.75, 3.05) is 44.2 Å². The summed E-state index contributed by atoms with van der Waals surface area (Å²) in [6, 6.07) is 0. The van der Waals surface area contributed by atoms with Crippen LogP contribution in [-0.4, -0.2) is 49.2 Å². The van der Waals surface area contributed by atoms with Crippen molar-refractivity contribution in [3.05, 3.63) is 11.1 Å². The van der Waals surface area contributed by atoms with E-state index in [0.29, 0.717) is 5.41 Å². The highest BCUT2D eigenvalue weighted by Gasteiger charge is 2.38. The van der Waals surface area contributed by atoms with Gasteiger partial charge in [0.05, 0.1) is 0 Å². The minimum atomic E-state index is 0.609. The van der Waals surface area contributed by atoms with Crippen molar-refractivity contribution in [3.63, 3.8) is 0 Å². The standard InChI is InChI=1S/C16H28N4S/c1-3-20(4-2)15-18-11-14(21-15)12-19-10-7-16(13-19)5-8-17-9-6-16/h11,17H,3-10,12-13H2,1-2H3. The van der Waals surface area contributed by atoms with Crippen molar-refractivity contribution >= 4 is 16.5 Å². The third kappa shape index (κ3) is 3.41. The first-order valence-corrected chi connectivity index (χ1v) is 9.19. The van der Waals surface area contributed by atoms with Gasteiger partial charge in [-0.2, -0.15) is 0 Å². The molecule has 1 N–H and O–H groups in total. The predicted octanol–water partition coefficient (Wildman–Crippen LogP) is 2.56. The van der Waals surface area contributed by atoms with E-state index in [-0.39, 0.29) is 0 Å². The van der Waals surface area contributed by atoms with Gasteiger partial charge in [0.1, 0.15) is 0 Å². The molecule has 2 saturated heterocycles. The summed E-state index contributed by atoms with van der Waals surface area (Å²) in [6.07, 6.45) is 6.19. The van der Waals surface area contributed by atoms with E-state index >= 15 is 0 Å². The van der Waals surface area contributed by atoms with Crippen LogP contribution in [0.3, 0.4) is 0 Å². The van der Waals surface area contributed by atoms with Crippen LogP contribution in [0.15, 0.2) is 6.20 Å². The van der Waals surface area contributed by atoms with Crippen molar-refractivity contribution in [1.82, 2.24) is 15.2 Å². The number of piperidine rings is 1. The fraction of sp³-hybridized carbons (Fsp3) is 0.812. The van der Waals surface area contributed by atoms with Gasteiger partial charge in [-0.15, -0.1) is 11.3 Å². The van der Waals surface area contributed by atoms with Crippen LogP contribution in [0, 0.1) is 5.41 Å². The Hall–Kier alpha value is -0.650. The van der Waals surface area contributed by atoms with Gasteiger partial charge in [0.15, 0.2) is 5.13 Å². The number of thiazole rings is 1. The molecular weight excluding hydrogens is 280 g/mol. The fourth-order valence-corrected chi connectivity index (χ4v) is 4.84. The lowest BCUT2D eigenvalue weighted by Crippen LogP contribution is -2.38. The van der Waals surface area contributed by atoms with Gasteiger partial charge >= 0.3 is 0 Å². The van der Waals surface area contributed by atoms with Gasteiger partial charge in [-0.25, -0.2) is 4.98 Å². The lowest BCUT2D eigenvalue weighted by atomic mass is 9.78. The van der Waals surface area contributed by atoms with E-state index < -0.39 is 0 Å². The minimum absolute atomic E-state index is 0.609. The monoisotopic (exact) mass is 308 g/mol. The van der Waals surface area contributed by atoms with Gasteiger partial charge in [-0.1, -0.05) is 0 Å². The third-order valence-corrected chi connectivity index (χ3v) is 6.18. The third-order valence-electron chi connectivity index (χ3n) is 5.14. The average Bonchev–Trinajstić information content (AvgIpc) is 3.10. The maximum Gasteiger partial charge on any atom is 0.185 e. The zero-order valence-electron chi connectivity index (χ0n) is 13.4. The number of rotatable bonds is 5. The van der Waals surface area contributed by atoms with E-state index in [0.717, 1.165) is 19.6 Å². The van der Waals surface area contributed by atoms with Gasteiger partial charge in [-0.05, 0) is 58.2 Å². The summed E-state index contributed by atoms with van der Waals surface area (Å²) in [5.41, 5.74) is 0.609. The Balaban J connectivity index is 1.58. The minimum Gasteiger partial charge on any atom is -0.349 e. The number of anilines is 1. The van der Waals surface area contributed by atoms with Crippen molar-refractivity contribution in [2.24, 2.45) is 5.41 Å². The van der Waals surface area contributed by atoms with E-state index in [1.165, 1.54) is 55.5 Å². The molecule has 1 aromatic rings. The Morgan fingerprint density at radius 2 is 2.05 bits per heavy atom. The molecule has 0 aromatic carbocycles. The maximum atomic E-state index is 4.61. The van der Waals surface area contributed by atoms with Crippen molar-refractivity contribution in [1.29, 1.82) is 0 Å². The van der Waals surface area contributed by atoms with E-state index in [9.17, 15) is 0 Å². The second kappa shape index (κ2) is 6.63. The van der Waals surface area contributed by atoms with Gasteiger partial charge in [0, 0.05) is 37.3 Å². The number of nitrogens with zero attached hydrogens (tertiary/aromatic N) is 3. The molecule has 0 amide bonds. The molecule has 0 saturated carbocycles. The van der Waals surface area contributed by atoms with Crippen LogP contribution >= 0.6 is 11.3 Å². The quantitative estimate of drug-likeness (QED) is 0.906. The molecule has 0 bridgehead atoms. The van der Waals surface area contributed by atoms with Crippen LogP contribution in [0.5, 0.6) is 0 Å². The summed E-state index contributed by atoms with van der Waals surface area (Å²) >= 11 is 1.87. The number of hydrogen-bond donors (Lipinski definition) is 1. The molecule has 4 nitrogen and oxygen atoms in total. The molecule has 3 heterocycles. The van der Waals surface area contributed by atoms with E-state index in [2.05, 4.69) is 40.1 Å². The van der Waals surface area contributed by atoms with Crippen molar-refractivity contribution in [3.8, 4) is 0 Å². The second-order valence-electron chi connectivity index (χ2n) is 6.49. The topological polar surface area (TPSA) is 31.4 Å². The van der Waals surface area contributed by atoms with E-state index in [4.69, 9.17) is 0 Å². The molecule has 0 atom stereocenters. The molecule has 2 aliphatic rings. The second-order valence-corrected chi connectivity index (χ2v) is 7.59. The molecule has 1 spiro atoms. The molecule has 0 radical (unpaired) electrons. The van der Waals surface area contributed by atoms with Crippen LogP contribution in [0.1, 0.15) is 38.0 Å².